The van der Waals surface area contributed by atoms with Gasteiger partial charge in [0.25, 0.3) is 5.91 Å². The van der Waals surface area contributed by atoms with Crippen molar-refractivity contribution in [1.82, 2.24) is 14.9 Å². The van der Waals surface area contributed by atoms with E-state index in [0.717, 1.165) is 22.8 Å². The third-order valence-electron chi connectivity index (χ3n) is 3.99. The second-order valence-electron chi connectivity index (χ2n) is 6.21. The van der Waals surface area contributed by atoms with Gasteiger partial charge in [-0.15, -0.1) is 0 Å². The van der Waals surface area contributed by atoms with E-state index in [1.807, 2.05) is 50.2 Å². The summed E-state index contributed by atoms with van der Waals surface area (Å²) in [6.45, 7) is 4.90. The van der Waals surface area contributed by atoms with Gasteiger partial charge in [-0.05, 0) is 44.2 Å². The van der Waals surface area contributed by atoms with Crippen LogP contribution in [0.15, 0.2) is 53.1 Å². The van der Waals surface area contributed by atoms with E-state index in [0.29, 0.717) is 24.4 Å². The number of carbonyl (C=O) groups excluding carboxylic acids is 1. The van der Waals surface area contributed by atoms with E-state index >= 15 is 0 Å². The Kier molecular flexibility index (Phi) is 5.43. The third-order valence-corrected chi connectivity index (χ3v) is 3.99. The summed E-state index contributed by atoms with van der Waals surface area (Å²) in [6.07, 6.45) is 1.45. The third kappa shape index (κ3) is 4.34. The molecule has 0 aliphatic rings. The lowest BCUT2D eigenvalue weighted by atomic mass is 10.2. The van der Waals surface area contributed by atoms with Gasteiger partial charge in [0.2, 0.25) is 0 Å². The maximum absolute atomic E-state index is 13.0. The Bertz CT molecular complexity index is 857. The number of carbonyl (C=O) groups is 1. The van der Waals surface area contributed by atoms with Gasteiger partial charge in [-0.25, -0.2) is 0 Å². The first kappa shape index (κ1) is 17.8. The predicted octanol–water partition coefficient (Wildman–Crippen LogP) is 2.99. The number of hydrogen-bond acceptors (Lipinski definition) is 5. The minimum Gasteiger partial charge on any atom is -0.467 e. The molecule has 0 aromatic carbocycles. The summed E-state index contributed by atoms with van der Waals surface area (Å²) < 4.78 is 5.32. The Morgan fingerprint density at radius 2 is 1.62 bits per heavy atom. The van der Waals surface area contributed by atoms with Crippen LogP contribution in [0.2, 0.25) is 0 Å². The van der Waals surface area contributed by atoms with Gasteiger partial charge in [-0.1, -0.05) is 12.1 Å². The molecule has 0 aliphatic heterocycles. The Hall–Kier alpha value is -2.99. The number of amides is 1. The number of hydrogen-bond donors (Lipinski definition) is 1. The van der Waals surface area contributed by atoms with E-state index in [9.17, 15) is 4.79 Å². The molecule has 0 saturated carbocycles. The highest BCUT2D eigenvalue weighted by Crippen LogP contribution is 2.15. The SMILES string of the molecule is Cc1cccc(CN(Cc2cccc(C)n2)C(=O)c2coc(CN)c2)n1. The number of pyridine rings is 2. The maximum atomic E-state index is 13.0. The molecule has 0 aliphatic carbocycles. The second-order valence-corrected chi connectivity index (χ2v) is 6.21. The van der Waals surface area contributed by atoms with E-state index in [2.05, 4.69) is 9.97 Å². The lowest BCUT2D eigenvalue weighted by Gasteiger charge is -2.22. The van der Waals surface area contributed by atoms with Crippen LogP contribution >= 0.6 is 0 Å². The second kappa shape index (κ2) is 7.93. The van der Waals surface area contributed by atoms with Crippen molar-refractivity contribution in [3.05, 3.63) is 82.8 Å². The van der Waals surface area contributed by atoms with Crippen molar-refractivity contribution in [3.63, 3.8) is 0 Å². The molecule has 0 spiro atoms. The van der Waals surface area contributed by atoms with Gasteiger partial charge < -0.3 is 15.1 Å². The van der Waals surface area contributed by atoms with Crippen molar-refractivity contribution in [1.29, 1.82) is 0 Å². The Morgan fingerprint density at radius 3 is 2.08 bits per heavy atom. The first-order valence-electron chi connectivity index (χ1n) is 8.47. The molecule has 1 amide bonds. The zero-order chi connectivity index (χ0) is 18.5. The molecule has 3 rings (SSSR count). The molecule has 0 saturated heterocycles. The maximum Gasteiger partial charge on any atom is 0.257 e. The smallest absolute Gasteiger partial charge is 0.257 e. The van der Waals surface area contributed by atoms with Gasteiger partial charge in [-0.3, -0.25) is 14.8 Å². The fourth-order valence-corrected chi connectivity index (χ4v) is 2.75. The minimum absolute atomic E-state index is 0.139. The van der Waals surface area contributed by atoms with Crippen LogP contribution in [-0.4, -0.2) is 20.8 Å². The van der Waals surface area contributed by atoms with Crippen molar-refractivity contribution >= 4 is 5.91 Å². The fraction of sp³-hybridized carbons (Fsp3) is 0.250. The molecule has 3 aromatic heterocycles. The molecule has 0 bridgehead atoms. The van der Waals surface area contributed by atoms with Crippen LogP contribution in [0.4, 0.5) is 0 Å². The molecule has 0 unspecified atom stereocenters. The van der Waals surface area contributed by atoms with Crippen LogP contribution in [0.3, 0.4) is 0 Å². The van der Waals surface area contributed by atoms with Gasteiger partial charge in [0.1, 0.15) is 12.0 Å². The summed E-state index contributed by atoms with van der Waals surface area (Å²) in [7, 11) is 0. The standard InChI is InChI=1S/C20H22N4O2/c1-14-5-3-7-17(22-14)11-24(12-18-8-4-6-15(2)23-18)20(25)16-9-19(10-21)26-13-16/h3-9,13H,10-12,21H2,1-2H3. The highest BCUT2D eigenvalue weighted by molar-refractivity contribution is 5.94. The molecule has 3 aromatic rings. The molecule has 0 radical (unpaired) electrons. The molecule has 0 atom stereocenters. The zero-order valence-electron chi connectivity index (χ0n) is 15.0. The minimum atomic E-state index is -0.139. The van der Waals surface area contributed by atoms with E-state index < -0.39 is 0 Å². The first-order chi connectivity index (χ1) is 12.5. The van der Waals surface area contributed by atoms with E-state index in [4.69, 9.17) is 10.2 Å². The zero-order valence-corrected chi connectivity index (χ0v) is 15.0. The number of furan rings is 1. The number of nitrogens with zero attached hydrogens (tertiary/aromatic N) is 3. The van der Waals surface area contributed by atoms with Crippen LogP contribution in [-0.2, 0) is 19.6 Å². The Morgan fingerprint density at radius 1 is 1.04 bits per heavy atom. The van der Waals surface area contributed by atoms with Gasteiger partial charge in [0, 0.05) is 11.4 Å². The van der Waals surface area contributed by atoms with Gasteiger partial charge in [-0.2, -0.15) is 0 Å². The van der Waals surface area contributed by atoms with Gasteiger partial charge >= 0.3 is 0 Å². The molecule has 26 heavy (non-hydrogen) atoms. The molecular formula is C20H22N4O2. The number of nitrogens with two attached hydrogens (primary N) is 1. The monoisotopic (exact) mass is 350 g/mol. The largest absolute Gasteiger partial charge is 0.467 e. The normalized spacial score (nSPS) is 10.7. The average molecular weight is 350 g/mol. The van der Waals surface area contributed by atoms with Crippen LogP contribution < -0.4 is 5.73 Å². The molecular weight excluding hydrogens is 328 g/mol. The van der Waals surface area contributed by atoms with Crippen LogP contribution in [0, 0.1) is 13.8 Å². The first-order valence-corrected chi connectivity index (χ1v) is 8.47. The van der Waals surface area contributed by atoms with Crippen molar-refractivity contribution in [2.75, 3.05) is 0 Å². The summed E-state index contributed by atoms with van der Waals surface area (Å²) in [5.74, 6) is 0.440. The predicted molar refractivity (Wildman–Crippen MR) is 98.1 cm³/mol. The summed E-state index contributed by atoms with van der Waals surface area (Å²) in [5.41, 5.74) is 9.54. The molecule has 2 N–H and O–H groups in total. The van der Waals surface area contributed by atoms with Crippen LogP contribution in [0.25, 0.3) is 0 Å². The molecule has 6 nitrogen and oxygen atoms in total. The lowest BCUT2D eigenvalue weighted by molar-refractivity contribution is 0.0724. The van der Waals surface area contributed by atoms with E-state index in [-0.39, 0.29) is 12.5 Å². The summed E-state index contributed by atoms with van der Waals surface area (Å²) >= 11 is 0. The Balaban J connectivity index is 1.88. The van der Waals surface area contributed by atoms with E-state index in [1.54, 1.807) is 11.0 Å². The van der Waals surface area contributed by atoms with Gasteiger partial charge in [0.15, 0.2) is 0 Å². The topological polar surface area (TPSA) is 85.2 Å². The van der Waals surface area contributed by atoms with Crippen molar-refractivity contribution < 1.29 is 9.21 Å². The van der Waals surface area contributed by atoms with Crippen molar-refractivity contribution in [3.8, 4) is 0 Å². The molecule has 0 fully saturated rings. The molecule has 3 heterocycles. The van der Waals surface area contributed by atoms with Crippen LogP contribution in [0.5, 0.6) is 0 Å². The number of rotatable bonds is 6. The van der Waals surface area contributed by atoms with E-state index in [1.165, 1.54) is 6.26 Å². The summed E-state index contributed by atoms with van der Waals surface area (Å²) in [6, 6.07) is 13.3. The lowest BCUT2D eigenvalue weighted by Crippen LogP contribution is -2.30. The highest BCUT2D eigenvalue weighted by Gasteiger charge is 2.20. The summed E-state index contributed by atoms with van der Waals surface area (Å²) in [5, 5.41) is 0. The Labute approximate surface area is 152 Å². The highest BCUT2D eigenvalue weighted by atomic mass is 16.3. The fourth-order valence-electron chi connectivity index (χ4n) is 2.75. The summed E-state index contributed by atoms with van der Waals surface area (Å²) in [4.78, 5) is 23.8. The number of aromatic nitrogens is 2. The van der Waals surface area contributed by atoms with Crippen molar-refractivity contribution in [2.24, 2.45) is 5.73 Å². The quantitative estimate of drug-likeness (QED) is 0.739. The molecule has 134 valence electrons. The average Bonchev–Trinajstić information content (AvgIpc) is 3.10. The van der Waals surface area contributed by atoms with Gasteiger partial charge in [0.05, 0.1) is 36.6 Å². The number of aryl methyl sites for hydroxylation is 2. The van der Waals surface area contributed by atoms with Crippen LogP contribution in [0.1, 0.15) is 38.9 Å². The van der Waals surface area contributed by atoms with Crippen molar-refractivity contribution in [2.45, 2.75) is 33.5 Å². The molecule has 6 heteroatoms.